The van der Waals surface area contributed by atoms with Crippen molar-refractivity contribution in [2.24, 2.45) is 0 Å². The molecule has 5 heteroatoms. The van der Waals surface area contributed by atoms with E-state index < -0.39 is 6.10 Å². The summed E-state index contributed by atoms with van der Waals surface area (Å²) in [5.41, 5.74) is 2.99. The van der Waals surface area contributed by atoms with E-state index >= 15 is 0 Å². The van der Waals surface area contributed by atoms with Gasteiger partial charge in [-0.05, 0) is 54.2 Å². The molecule has 0 radical (unpaired) electrons. The molecule has 0 bridgehead atoms. The van der Waals surface area contributed by atoms with E-state index in [1.807, 2.05) is 48.5 Å². The van der Waals surface area contributed by atoms with Crippen molar-refractivity contribution in [2.75, 3.05) is 19.4 Å². The number of carbonyl (C=O) groups excluding carboxylic acids is 2. The fourth-order valence-electron chi connectivity index (χ4n) is 2.81. The molecule has 0 saturated heterocycles. The molecule has 0 fully saturated rings. The Bertz CT molecular complexity index is 836. The average Bonchev–Trinajstić information content (AvgIpc) is 2.66. The first-order chi connectivity index (χ1) is 13.6. The maximum absolute atomic E-state index is 12.5. The van der Waals surface area contributed by atoms with Crippen LogP contribution in [-0.2, 0) is 21.4 Å². The normalized spacial score (nSPS) is 12.2. The van der Waals surface area contributed by atoms with Crippen molar-refractivity contribution in [3.05, 3.63) is 59.7 Å². The van der Waals surface area contributed by atoms with E-state index in [-0.39, 0.29) is 17.2 Å². The SMILES string of the molecule is CC(Oc1ccc(C(C)(C)C)cc1)C(=O)Nc1cccc(CCC(=O)N(C)C)c1. The van der Waals surface area contributed by atoms with Gasteiger partial charge in [-0.1, -0.05) is 45.0 Å². The van der Waals surface area contributed by atoms with Gasteiger partial charge in [0.1, 0.15) is 5.75 Å². The molecule has 1 N–H and O–H groups in total. The van der Waals surface area contributed by atoms with Gasteiger partial charge < -0.3 is 15.0 Å². The molecule has 156 valence electrons. The van der Waals surface area contributed by atoms with Crippen LogP contribution in [0.2, 0.25) is 0 Å². The number of aryl methyl sites for hydroxylation is 1. The van der Waals surface area contributed by atoms with Gasteiger partial charge in [-0.2, -0.15) is 0 Å². The second kappa shape index (κ2) is 9.59. The molecule has 0 aliphatic heterocycles. The summed E-state index contributed by atoms with van der Waals surface area (Å²) in [7, 11) is 3.49. The van der Waals surface area contributed by atoms with Crippen LogP contribution in [-0.4, -0.2) is 36.9 Å². The third-order valence-corrected chi connectivity index (χ3v) is 4.72. The molecule has 0 spiro atoms. The molecule has 1 atom stereocenters. The number of amides is 2. The zero-order chi connectivity index (χ0) is 21.6. The minimum absolute atomic E-state index is 0.0731. The van der Waals surface area contributed by atoms with Crippen LogP contribution >= 0.6 is 0 Å². The Morgan fingerprint density at radius 1 is 1.07 bits per heavy atom. The predicted octanol–water partition coefficient (Wildman–Crippen LogP) is 4.41. The molecule has 1 unspecified atom stereocenters. The van der Waals surface area contributed by atoms with Gasteiger partial charge in [-0.15, -0.1) is 0 Å². The van der Waals surface area contributed by atoms with Crippen molar-refractivity contribution in [2.45, 2.75) is 52.1 Å². The molecular weight excluding hydrogens is 364 g/mol. The highest BCUT2D eigenvalue weighted by atomic mass is 16.5. The van der Waals surface area contributed by atoms with Gasteiger partial charge in [-0.3, -0.25) is 9.59 Å². The monoisotopic (exact) mass is 396 g/mol. The van der Waals surface area contributed by atoms with Crippen LogP contribution in [0.4, 0.5) is 5.69 Å². The summed E-state index contributed by atoms with van der Waals surface area (Å²) in [6.45, 7) is 8.20. The number of hydrogen-bond donors (Lipinski definition) is 1. The summed E-state index contributed by atoms with van der Waals surface area (Å²) >= 11 is 0. The van der Waals surface area contributed by atoms with Crippen molar-refractivity contribution in [3.8, 4) is 5.75 Å². The highest BCUT2D eigenvalue weighted by molar-refractivity contribution is 5.94. The van der Waals surface area contributed by atoms with Crippen molar-refractivity contribution in [3.63, 3.8) is 0 Å². The Balaban J connectivity index is 1.94. The first kappa shape index (κ1) is 22.5. The second-order valence-electron chi connectivity index (χ2n) is 8.51. The largest absolute Gasteiger partial charge is 0.481 e. The molecule has 5 nitrogen and oxygen atoms in total. The molecule has 29 heavy (non-hydrogen) atoms. The van der Waals surface area contributed by atoms with Crippen LogP contribution < -0.4 is 10.1 Å². The Hall–Kier alpha value is -2.82. The molecule has 2 aromatic carbocycles. The summed E-state index contributed by atoms with van der Waals surface area (Å²) in [5.74, 6) is 0.530. The molecule has 2 aromatic rings. The number of nitrogens with zero attached hydrogens (tertiary/aromatic N) is 1. The average molecular weight is 397 g/mol. The molecule has 0 saturated carbocycles. The Labute approximate surface area is 174 Å². The van der Waals surface area contributed by atoms with E-state index in [1.165, 1.54) is 5.56 Å². The molecule has 0 heterocycles. The van der Waals surface area contributed by atoms with E-state index in [2.05, 4.69) is 26.1 Å². The fraction of sp³-hybridized carbons (Fsp3) is 0.417. The first-order valence-corrected chi connectivity index (χ1v) is 9.93. The third kappa shape index (κ3) is 6.93. The van der Waals surface area contributed by atoms with E-state index in [0.717, 1.165) is 5.56 Å². The van der Waals surface area contributed by atoms with Crippen molar-refractivity contribution in [1.29, 1.82) is 0 Å². The number of hydrogen-bond acceptors (Lipinski definition) is 3. The summed E-state index contributed by atoms with van der Waals surface area (Å²) in [4.78, 5) is 25.9. The van der Waals surface area contributed by atoms with E-state index in [0.29, 0.717) is 24.3 Å². The van der Waals surface area contributed by atoms with Crippen LogP contribution in [0.5, 0.6) is 5.75 Å². The van der Waals surface area contributed by atoms with E-state index in [1.54, 1.807) is 25.9 Å². The molecule has 0 aliphatic carbocycles. The van der Waals surface area contributed by atoms with Crippen molar-refractivity contribution in [1.82, 2.24) is 4.90 Å². The smallest absolute Gasteiger partial charge is 0.265 e. The second-order valence-corrected chi connectivity index (χ2v) is 8.51. The molecule has 2 rings (SSSR count). The number of anilines is 1. The number of ether oxygens (including phenoxy) is 1. The van der Waals surface area contributed by atoms with Crippen LogP contribution in [0.3, 0.4) is 0 Å². The lowest BCUT2D eigenvalue weighted by molar-refractivity contribution is -0.128. The van der Waals surface area contributed by atoms with Gasteiger partial charge in [0.25, 0.3) is 5.91 Å². The van der Waals surface area contributed by atoms with Crippen molar-refractivity contribution < 1.29 is 14.3 Å². The van der Waals surface area contributed by atoms with Gasteiger partial charge in [0.15, 0.2) is 6.10 Å². The van der Waals surface area contributed by atoms with E-state index in [9.17, 15) is 9.59 Å². The van der Waals surface area contributed by atoms with Gasteiger partial charge in [0.2, 0.25) is 5.91 Å². The van der Waals surface area contributed by atoms with Crippen molar-refractivity contribution >= 4 is 17.5 Å². The minimum atomic E-state index is -0.630. The van der Waals surface area contributed by atoms with Crippen LogP contribution in [0, 0.1) is 0 Å². The van der Waals surface area contributed by atoms with Gasteiger partial charge >= 0.3 is 0 Å². The topological polar surface area (TPSA) is 58.6 Å². The molecule has 0 aliphatic rings. The maximum atomic E-state index is 12.5. The first-order valence-electron chi connectivity index (χ1n) is 9.93. The summed E-state index contributed by atoms with van der Waals surface area (Å²) in [6.07, 6.45) is 0.441. The van der Waals surface area contributed by atoms with Crippen LogP contribution in [0.15, 0.2) is 48.5 Å². The third-order valence-electron chi connectivity index (χ3n) is 4.72. The highest BCUT2D eigenvalue weighted by Gasteiger charge is 2.17. The Kier molecular flexibility index (Phi) is 7.43. The van der Waals surface area contributed by atoms with Gasteiger partial charge in [0.05, 0.1) is 0 Å². The summed E-state index contributed by atoms with van der Waals surface area (Å²) < 4.78 is 5.79. The summed E-state index contributed by atoms with van der Waals surface area (Å²) in [6, 6.07) is 15.4. The fourth-order valence-corrected chi connectivity index (χ4v) is 2.81. The number of rotatable bonds is 7. The zero-order valence-electron chi connectivity index (χ0n) is 18.3. The molecule has 2 amide bonds. The highest BCUT2D eigenvalue weighted by Crippen LogP contribution is 2.24. The van der Waals surface area contributed by atoms with Crippen LogP contribution in [0.25, 0.3) is 0 Å². The predicted molar refractivity (Wildman–Crippen MR) is 117 cm³/mol. The lowest BCUT2D eigenvalue weighted by atomic mass is 9.87. The molecular formula is C24H32N2O3. The lowest BCUT2D eigenvalue weighted by Crippen LogP contribution is -2.30. The number of benzene rings is 2. The Morgan fingerprint density at radius 2 is 1.72 bits per heavy atom. The van der Waals surface area contributed by atoms with Gasteiger partial charge in [0, 0.05) is 26.2 Å². The van der Waals surface area contributed by atoms with Gasteiger partial charge in [-0.25, -0.2) is 0 Å². The quantitative estimate of drug-likeness (QED) is 0.754. The minimum Gasteiger partial charge on any atom is -0.481 e. The zero-order valence-corrected chi connectivity index (χ0v) is 18.3. The number of nitrogens with one attached hydrogen (secondary N) is 1. The van der Waals surface area contributed by atoms with E-state index in [4.69, 9.17) is 4.74 Å². The van der Waals surface area contributed by atoms with Crippen LogP contribution in [0.1, 0.15) is 45.2 Å². The Morgan fingerprint density at radius 3 is 2.31 bits per heavy atom. The molecule has 0 aromatic heterocycles. The lowest BCUT2D eigenvalue weighted by Gasteiger charge is -2.20. The number of carbonyl (C=O) groups is 2. The standard InChI is InChI=1S/C24H32N2O3/c1-17(29-21-13-11-19(12-14-21)24(2,3)4)23(28)25-20-9-7-8-18(16-20)10-15-22(27)26(5)6/h7-9,11-14,16-17H,10,15H2,1-6H3,(H,25,28). The maximum Gasteiger partial charge on any atom is 0.265 e. The summed E-state index contributed by atoms with van der Waals surface area (Å²) in [5, 5.41) is 2.89.